The lowest BCUT2D eigenvalue weighted by molar-refractivity contribution is 0.607. The zero-order valence-electron chi connectivity index (χ0n) is 15.1. The molecule has 1 N–H and O–H groups in total. The predicted molar refractivity (Wildman–Crippen MR) is 103 cm³/mol. The van der Waals surface area contributed by atoms with Crippen LogP contribution in [0.2, 0.25) is 0 Å². The molecule has 0 bridgehead atoms. The third-order valence-electron chi connectivity index (χ3n) is 4.19. The van der Waals surface area contributed by atoms with E-state index in [-0.39, 0.29) is 6.04 Å². The van der Waals surface area contributed by atoms with E-state index in [4.69, 9.17) is 5.26 Å². The normalized spacial score (nSPS) is 11.7. The van der Waals surface area contributed by atoms with E-state index >= 15 is 0 Å². The second kappa shape index (κ2) is 6.46. The Hall–Kier alpha value is -2.85. The lowest BCUT2D eigenvalue weighted by atomic mass is 10.0. The lowest BCUT2D eigenvalue weighted by Crippen LogP contribution is -2.09. The average Bonchev–Trinajstić information content (AvgIpc) is 2.92. The number of fused-ring (bicyclic) bond motifs is 1. The molecule has 0 aliphatic carbocycles. The smallest absolute Gasteiger partial charge is 0.229 e. The van der Waals surface area contributed by atoms with Crippen LogP contribution in [0.25, 0.3) is 22.0 Å². The summed E-state index contributed by atoms with van der Waals surface area (Å²) < 4.78 is 27.7. The fraction of sp³-hybridized carbons (Fsp3) is 0.263. The minimum absolute atomic E-state index is 0.201. The first-order valence-electron chi connectivity index (χ1n) is 8.19. The number of pyridine rings is 1. The summed E-state index contributed by atoms with van der Waals surface area (Å²) in [5.74, 6) is 0. The summed E-state index contributed by atoms with van der Waals surface area (Å²) in [5.41, 5.74) is 4.63. The van der Waals surface area contributed by atoms with Crippen molar-refractivity contribution in [3.63, 3.8) is 0 Å². The molecule has 0 spiro atoms. The van der Waals surface area contributed by atoms with E-state index in [9.17, 15) is 8.42 Å². The van der Waals surface area contributed by atoms with Crippen molar-refractivity contribution >= 4 is 26.6 Å². The van der Waals surface area contributed by atoms with Gasteiger partial charge in [0.1, 0.15) is 11.8 Å². The van der Waals surface area contributed by atoms with Gasteiger partial charge in [0.25, 0.3) is 0 Å². The van der Waals surface area contributed by atoms with E-state index in [1.807, 2.05) is 31.3 Å². The van der Waals surface area contributed by atoms with Gasteiger partial charge in [-0.25, -0.2) is 13.4 Å². The Balaban J connectivity index is 2.21. The van der Waals surface area contributed by atoms with Gasteiger partial charge in [0.2, 0.25) is 10.0 Å². The van der Waals surface area contributed by atoms with Crippen molar-refractivity contribution in [2.45, 2.75) is 26.8 Å². The summed E-state index contributed by atoms with van der Waals surface area (Å²) in [5, 5.41) is 10.1. The fourth-order valence-corrected chi connectivity index (χ4v) is 3.58. The van der Waals surface area contributed by atoms with Crippen LogP contribution < -0.4 is 4.72 Å². The zero-order chi connectivity index (χ0) is 19.1. The SMILES string of the molecule is Cc1cc(-c2cn(C(C)C)c3cc(NS(C)(=O)=O)ccc23)cnc1C#N. The molecule has 2 aromatic heterocycles. The average molecular weight is 368 g/mol. The van der Waals surface area contributed by atoms with Gasteiger partial charge in [-0.15, -0.1) is 0 Å². The van der Waals surface area contributed by atoms with E-state index in [0.29, 0.717) is 11.4 Å². The summed E-state index contributed by atoms with van der Waals surface area (Å²) >= 11 is 0. The molecule has 3 rings (SSSR count). The zero-order valence-corrected chi connectivity index (χ0v) is 15.9. The number of nitriles is 1. The van der Waals surface area contributed by atoms with Gasteiger partial charge in [-0.2, -0.15) is 5.26 Å². The molecule has 0 saturated heterocycles. The minimum Gasteiger partial charge on any atom is -0.344 e. The molecule has 0 atom stereocenters. The topological polar surface area (TPSA) is 87.8 Å². The summed E-state index contributed by atoms with van der Waals surface area (Å²) in [6.45, 7) is 6.01. The Bertz CT molecular complexity index is 1140. The summed E-state index contributed by atoms with van der Waals surface area (Å²) in [4.78, 5) is 4.24. The van der Waals surface area contributed by atoms with Gasteiger partial charge in [0.15, 0.2) is 0 Å². The van der Waals surface area contributed by atoms with Gasteiger partial charge in [0.05, 0.1) is 17.5 Å². The molecule has 134 valence electrons. The van der Waals surface area contributed by atoms with Crippen LogP contribution in [0.4, 0.5) is 5.69 Å². The van der Waals surface area contributed by atoms with Gasteiger partial charge in [0, 0.05) is 34.9 Å². The van der Waals surface area contributed by atoms with E-state index in [0.717, 1.165) is 33.8 Å². The van der Waals surface area contributed by atoms with Crippen LogP contribution in [-0.2, 0) is 10.0 Å². The molecule has 0 radical (unpaired) electrons. The van der Waals surface area contributed by atoms with Crippen molar-refractivity contribution in [3.05, 3.63) is 47.9 Å². The Morgan fingerprint density at radius 2 is 2.00 bits per heavy atom. The van der Waals surface area contributed by atoms with E-state index < -0.39 is 10.0 Å². The van der Waals surface area contributed by atoms with E-state index in [1.165, 1.54) is 0 Å². The largest absolute Gasteiger partial charge is 0.344 e. The maximum Gasteiger partial charge on any atom is 0.229 e. The number of benzene rings is 1. The number of nitrogens with zero attached hydrogens (tertiary/aromatic N) is 3. The highest BCUT2D eigenvalue weighted by Crippen LogP contribution is 2.34. The molecule has 26 heavy (non-hydrogen) atoms. The molecule has 0 fully saturated rings. The Kier molecular flexibility index (Phi) is 4.46. The number of nitrogens with one attached hydrogen (secondary N) is 1. The first-order valence-corrected chi connectivity index (χ1v) is 10.1. The summed E-state index contributed by atoms with van der Waals surface area (Å²) in [7, 11) is -3.34. The van der Waals surface area contributed by atoms with Crippen molar-refractivity contribution in [2.24, 2.45) is 0 Å². The third kappa shape index (κ3) is 3.41. The second-order valence-electron chi connectivity index (χ2n) is 6.65. The van der Waals surface area contributed by atoms with Crippen LogP contribution in [0.15, 0.2) is 36.7 Å². The highest BCUT2D eigenvalue weighted by molar-refractivity contribution is 7.92. The summed E-state index contributed by atoms with van der Waals surface area (Å²) in [6, 6.07) is 9.73. The maximum atomic E-state index is 11.5. The number of rotatable bonds is 4. The van der Waals surface area contributed by atoms with Gasteiger partial charge in [-0.3, -0.25) is 4.72 Å². The number of anilines is 1. The maximum absolute atomic E-state index is 11.5. The number of sulfonamides is 1. The van der Waals surface area contributed by atoms with Crippen LogP contribution in [0, 0.1) is 18.3 Å². The Morgan fingerprint density at radius 1 is 1.27 bits per heavy atom. The van der Waals surface area contributed by atoms with Crippen LogP contribution >= 0.6 is 0 Å². The van der Waals surface area contributed by atoms with Gasteiger partial charge < -0.3 is 4.57 Å². The molecular formula is C19H20N4O2S. The van der Waals surface area contributed by atoms with E-state index in [1.54, 1.807) is 12.3 Å². The van der Waals surface area contributed by atoms with Gasteiger partial charge in [-0.05, 0) is 44.5 Å². The third-order valence-corrected chi connectivity index (χ3v) is 4.80. The van der Waals surface area contributed by atoms with Gasteiger partial charge >= 0.3 is 0 Å². The van der Waals surface area contributed by atoms with Crippen LogP contribution in [0.5, 0.6) is 0 Å². The highest BCUT2D eigenvalue weighted by atomic mass is 32.2. The molecule has 3 aromatic rings. The molecule has 0 saturated carbocycles. The van der Waals surface area contributed by atoms with Crippen LogP contribution in [0.3, 0.4) is 0 Å². The monoisotopic (exact) mass is 368 g/mol. The molecule has 6 nitrogen and oxygen atoms in total. The molecule has 0 aliphatic heterocycles. The van der Waals surface area contributed by atoms with Crippen LogP contribution in [0.1, 0.15) is 31.1 Å². The quantitative estimate of drug-likeness (QED) is 0.758. The molecule has 0 unspecified atom stereocenters. The lowest BCUT2D eigenvalue weighted by Gasteiger charge is -2.10. The van der Waals surface area contributed by atoms with Crippen LogP contribution in [-0.4, -0.2) is 24.2 Å². The predicted octanol–water partition coefficient (Wildman–Crippen LogP) is 3.84. The van der Waals surface area contributed by atoms with Crippen molar-refractivity contribution < 1.29 is 8.42 Å². The van der Waals surface area contributed by atoms with Crippen molar-refractivity contribution in [3.8, 4) is 17.2 Å². The van der Waals surface area contributed by atoms with Crippen molar-refractivity contribution in [2.75, 3.05) is 11.0 Å². The first kappa shape index (κ1) is 18.0. The van der Waals surface area contributed by atoms with Crippen molar-refractivity contribution in [1.29, 1.82) is 5.26 Å². The number of aromatic nitrogens is 2. The molecule has 7 heteroatoms. The standard InChI is InChI=1S/C19H20N4O2S/c1-12(2)23-11-17(14-7-13(3)18(9-20)21-10-14)16-6-5-15(8-19(16)23)22-26(4,24)25/h5-8,10-12,22H,1-4H3. The Morgan fingerprint density at radius 3 is 2.58 bits per heavy atom. The molecule has 0 aliphatic rings. The number of hydrogen-bond donors (Lipinski definition) is 1. The molecular weight excluding hydrogens is 348 g/mol. The van der Waals surface area contributed by atoms with Gasteiger partial charge in [-0.1, -0.05) is 6.07 Å². The Labute approximate surface area is 153 Å². The number of hydrogen-bond acceptors (Lipinski definition) is 4. The summed E-state index contributed by atoms with van der Waals surface area (Å²) in [6.07, 6.45) is 4.88. The molecule has 1 aromatic carbocycles. The highest BCUT2D eigenvalue weighted by Gasteiger charge is 2.15. The number of aryl methyl sites for hydroxylation is 1. The first-order chi connectivity index (χ1) is 12.2. The second-order valence-corrected chi connectivity index (χ2v) is 8.40. The molecule has 0 amide bonds. The molecule has 2 heterocycles. The van der Waals surface area contributed by atoms with E-state index in [2.05, 4.69) is 34.2 Å². The van der Waals surface area contributed by atoms with Crippen molar-refractivity contribution in [1.82, 2.24) is 9.55 Å². The fourth-order valence-electron chi connectivity index (χ4n) is 3.03. The minimum atomic E-state index is -3.34.